The molecule has 2 fully saturated rings. The van der Waals surface area contributed by atoms with Crippen molar-refractivity contribution in [2.24, 2.45) is 11.3 Å². The number of carbonyl (C=O) groups is 1. The van der Waals surface area contributed by atoms with Crippen molar-refractivity contribution in [2.75, 3.05) is 26.2 Å². The summed E-state index contributed by atoms with van der Waals surface area (Å²) < 4.78 is 28.3. The molecule has 0 spiro atoms. The molecule has 0 aromatic carbocycles. The SMILES string of the molecule is CCC1(C(=O)O)CCN(S(=O)(=O)N2CCC(C)CC2)CC1. The van der Waals surface area contributed by atoms with Gasteiger partial charge in [0.1, 0.15) is 0 Å². The molecule has 2 aliphatic rings. The molecule has 0 aromatic rings. The van der Waals surface area contributed by atoms with Gasteiger partial charge in [0.2, 0.25) is 0 Å². The molecule has 0 radical (unpaired) electrons. The first-order chi connectivity index (χ1) is 9.82. The van der Waals surface area contributed by atoms with Gasteiger partial charge in [0.25, 0.3) is 10.2 Å². The zero-order valence-electron chi connectivity index (χ0n) is 12.9. The second-order valence-corrected chi connectivity index (χ2v) is 8.36. The molecule has 122 valence electrons. The van der Waals surface area contributed by atoms with E-state index in [4.69, 9.17) is 0 Å². The number of carboxylic acids is 1. The number of nitrogens with zero attached hydrogens (tertiary/aromatic N) is 2. The van der Waals surface area contributed by atoms with E-state index < -0.39 is 21.6 Å². The molecule has 0 aliphatic carbocycles. The second-order valence-electron chi connectivity index (χ2n) is 6.43. The van der Waals surface area contributed by atoms with Crippen molar-refractivity contribution in [3.8, 4) is 0 Å². The fourth-order valence-electron chi connectivity index (χ4n) is 3.24. The van der Waals surface area contributed by atoms with Crippen molar-refractivity contribution in [3.63, 3.8) is 0 Å². The molecule has 0 aromatic heterocycles. The Balaban J connectivity index is 2.02. The summed E-state index contributed by atoms with van der Waals surface area (Å²) in [7, 11) is -3.42. The second kappa shape index (κ2) is 6.22. The normalized spacial score (nSPS) is 25.8. The van der Waals surface area contributed by atoms with Crippen LogP contribution in [0, 0.1) is 11.3 Å². The lowest BCUT2D eigenvalue weighted by Crippen LogP contribution is -2.52. The lowest BCUT2D eigenvalue weighted by Gasteiger charge is -2.40. The number of hydrogen-bond donors (Lipinski definition) is 1. The molecule has 0 bridgehead atoms. The van der Waals surface area contributed by atoms with E-state index in [0.29, 0.717) is 51.4 Å². The van der Waals surface area contributed by atoms with Crippen LogP contribution in [0.15, 0.2) is 0 Å². The predicted molar refractivity (Wildman–Crippen MR) is 80.1 cm³/mol. The molecule has 0 unspecified atom stereocenters. The largest absolute Gasteiger partial charge is 0.481 e. The van der Waals surface area contributed by atoms with Crippen LogP contribution in [0.3, 0.4) is 0 Å². The van der Waals surface area contributed by atoms with Crippen molar-refractivity contribution in [1.29, 1.82) is 0 Å². The van der Waals surface area contributed by atoms with E-state index in [9.17, 15) is 18.3 Å². The maximum Gasteiger partial charge on any atom is 0.309 e. The van der Waals surface area contributed by atoms with E-state index in [-0.39, 0.29) is 0 Å². The van der Waals surface area contributed by atoms with E-state index in [2.05, 4.69) is 6.92 Å². The average molecular weight is 318 g/mol. The quantitative estimate of drug-likeness (QED) is 0.853. The third-order valence-electron chi connectivity index (χ3n) is 5.21. The highest BCUT2D eigenvalue weighted by molar-refractivity contribution is 7.86. The van der Waals surface area contributed by atoms with Crippen LogP contribution in [0.2, 0.25) is 0 Å². The van der Waals surface area contributed by atoms with Crippen LogP contribution in [0.25, 0.3) is 0 Å². The van der Waals surface area contributed by atoms with Crippen molar-refractivity contribution >= 4 is 16.2 Å². The molecule has 2 saturated heterocycles. The van der Waals surface area contributed by atoms with Crippen LogP contribution in [0.5, 0.6) is 0 Å². The summed E-state index contributed by atoms with van der Waals surface area (Å²) in [4.78, 5) is 11.4. The van der Waals surface area contributed by atoms with E-state index in [1.807, 2.05) is 6.92 Å². The van der Waals surface area contributed by atoms with Gasteiger partial charge in [-0.2, -0.15) is 17.0 Å². The Hall–Kier alpha value is -0.660. The zero-order valence-corrected chi connectivity index (χ0v) is 13.7. The molecule has 0 amide bonds. The van der Waals surface area contributed by atoms with Crippen LogP contribution in [-0.2, 0) is 15.0 Å². The molecule has 0 saturated carbocycles. The maximum absolute atomic E-state index is 12.6. The van der Waals surface area contributed by atoms with Gasteiger partial charge in [0.15, 0.2) is 0 Å². The van der Waals surface area contributed by atoms with Crippen molar-refractivity contribution < 1.29 is 18.3 Å². The summed E-state index contributed by atoms with van der Waals surface area (Å²) in [5.74, 6) is -0.216. The van der Waals surface area contributed by atoms with Gasteiger partial charge in [0, 0.05) is 26.2 Å². The lowest BCUT2D eigenvalue weighted by molar-refractivity contribution is -0.151. The number of carboxylic acid groups (broad SMARTS) is 1. The van der Waals surface area contributed by atoms with Crippen molar-refractivity contribution in [1.82, 2.24) is 8.61 Å². The molecule has 21 heavy (non-hydrogen) atoms. The molecule has 7 heteroatoms. The topological polar surface area (TPSA) is 77.9 Å². The summed E-state index contributed by atoms with van der Waals surface area (Å²) in [5, 5.41) is 9.38. The first-order valence-electron chi connectivity index (χ1n) is 7.80. The predicted octanol–water partition coefficient (Wildman–Crippen LogP) is 1.54. The molecule has 2 rings (SSSR count). The summed E-state index contributed by atoms with van der Waals surface area (Å²) in [6, 6.07) is 0. The number of piperidine rings is 2. The molecular formula is C14H26N2O4S. The van der Waals surface area contributed by atoms with Gasteiger partial charge in [0.05, 0.1) is 5.41 Å². The van der Waals surface area contributed by atoms with Crippen LogP contribution >= 0.6 is 0 Å². The molecule has 2 aliphatic heterocycles. The highest BCUT2D eigenvalue weighted by Gasteiger charge is 2.43. The zero-order chi connectivity index (χ0) is 15.7. The van der Waals surface area contributed by atoms with Crippen LogP contribution < -0.4 is 0 Å². The average Bonchev–Trinajstić information content (AvgIpc) is 2.47. The van der Waals surface area contributed by atoms with E-state index >= 15 is 0 Å². The minimum absolute atomic E-state index is 0.314. The minimum Gasteiger partial charge on any atom is -0.481 e. The summed E-state index contributed by atoms with van der Waals surface area (Å²) in [6.07, 6.45) is 3.17. The van der Waals surface area contributed by atoms with Gasteiger partial charge >= 0.3 is 5.97 Å². The van der Waals surface area contributed by atoms with Crippen LogP contribution in [-0.4, -0.2) is 54.3 Å². The Morgan fingerprint density at radius 1 is 1.14 bits per heavy atom. The third-order valence-corrected chi connectivity index (χ3v) is 7.24. The van der Waals surface area contributed by atoms with Gasteiger partial charge in [-0.1, -0.05) is 13.8 Å². The summed E-state index contributed by atoms with van der Waals surface area (Å²) >= 11 is 0. The monoisotopic (exact) mass is 318 g/mol. The molecular weight excluding hydrogens is 292 g/mol. The molecule has 2 heterocycles. The van der Waals surface area contributed by atoms with Crippen molar-refractivity contribution in [3.05, 3.63) is 0 Å². The number of aliphatic carboxylic acids is 1. The minimum atomic E-state index is -3.42. The van der Waals surface area contributed by atoms with Crippen LogP contribution in [0.1, 0.15) is 46.0 Å². The van der Waals surface area contributed by atoms with E-state index in [0.717, 1.165) is 12.8 Å². The van der Waals surface area contributed by atoms with Gasteiger partial charge in [-0.25, -0.2) is 0 Å². The Kier molecular flexibility index (Phi) is 4.95. The first kappa shape index (κ1) is 16.7. The van der Waals surface area contributed by atoms with Gasteiger partial charge < -0.3 is 5.11 Å². The Labute approximate surface area is 127 Å². The van der Waals surface area contributed by atoms with Gasteiger partial charge in [-0.15, -0.1) is 0 Å². The number of rotatable bonds is 4. The number of hydrogen-bond acceptors (Lipinski definition) is 3. The van der Waals surface area contributed by atoms with Gasteiger partial charge in [-0.05, 0) is 38.0 Å². The Morgan fingerprint density at radius 2 is 1.62 bits per heavy atom. The molecule has 6 nitrogen and oxygen atoms in total. The van der Waals surface area contributed by atoms with E-state index in [1.54, 1.807) is 4.31 Å². The van der Waals surface area contributed by atoms with E-state index in [1.165, 1.54) is 4.31 Å². The Morgan fingerprint density at radius 3 is 2.05 bits per heavy atom. The first-order valence-corrected chi connectivity index (χ1v) is 9.20. The fraction of sp³-hybridized carbons (Fsp3) is 0.929. The highest BCUT2D eigenvalue weighted by atomic mass is 32.2. The molecule has 1 N–H and O–H groups in total. The molecule has 0 atom stereocenters. The Bertz CT molecular complexity index is 475. The highest BCUT2D eigenvalue weighted by Crippen LogP contribution is 2.36. The lowest BCUT2D eigenvalue weighted by atomic mass is 9.77. The maximum atomic E-state index is 12.6. The van der Waals surface area contributed by atoms with Crippen molar-refractivity contribution in [2.45, 2.75) is 46.0 Å². The summed E-state index contributed by atoms with van der Waals surface area (Å²) in [6.45, 7) is 5.80. The summed E-state index contributed by atoms with van der Waals surface area (Å²) in [5.41, 5.74) is -0.748. The van der Waals surface area contributed by atoms with Gasteiger partial charge in [-0.3, -0.25) is 4.79 Å². The standard InChI is InChI=1S/C14H26N2O4S/c1-3-14(13(17)18)6-10-16(11-7-14)21(19,20)15-8-4-12(2)5-9-15/h12H,3-11H2,1-2H3,(H,17,18). The third kappa shape index (κ3) is 3.24. The van der Waals surface area contributed by atoms with Crippen LogP contribution in [0.4, 0.5) is 0 Å². The fourth-order valence-corrected chi connectivity index (χ4v) is 4.89. The smallest absolute Gasteiger partial charge is 0.309 e.